The third-order valence-electron chi connectivity index (χ3n) is 4.24. The van der Waals surface area contributed by atoms with E-state index in [0.29, 0.717) is 17.1 Å². The molecule has 0 bridgehead atoms. The molecule has 3 aromatic rings. The molecule has 29 heavy (non-hydrogen) atoms. The molecule has 0 aliphatic rings. The summed E-state index contributed by atoms with van der Waals surface area (Å²) in [6.07, 6.45) is 4.72. The smallest absolute Gasteiger partial charge is 0.354 e. The number of nitrogens with one attached hydrogen (secondary N) is 2. The van der Waals surface area contributed by atoms with Gasteiger partial charge in [-0.1, -0.05) is 0 Å². The molecule has 2 amide bonds. The van der Waals surface area contributed by atoms with Crippen LogP contribution in [0.15, 0.2) is 30.7 Å². The Morgan fingerprint density at radius 2 is 1.62 bits per heavy atom. The van der Waals surface area contributed by atoms with Crippen molar-refractivity contribution in [1.29, 1.82) is 0 Å². The summed E-state index contributed by atoms with van der Waals surface area (Å²) in [6, 6.07) is 3.04. The molecular weight excluding hydrogens is 378 g/mol. The van der Waals surface area contributed by atoms with Crippen LogP contribution in [-0.2, 0) is 25.9 Å². The van der Waals surface area contributed by atoms with Crippen LogP contribution in [0.3, 0.4) is 0 Å². The summed E-state index contributed by atoms with van der Waals surface area (Å²) in [5, 5.41) is 5.30. The van der Waals surface area contributed by atoms with Crippen molar-refractivity contribution < 1.29 is 19.1 Å². The predicted molar refractivity (Wildman–Crippen MR) is 106 cm³/mol. The number of nitrogen functional groups attached to an aromatic ring is 1. The predicted octanol–water partition coefficient (Wildman–Crippen LogP) is 0.970. The summed E-state index contributed by atoms with van der Waals surface area (Å²) < 4.78 is 9.30. The number of hydrogen-bond donors (Lipinski definition) is 3. The normalized spacial score (nSPS) is 10.6. The molecule has 4 N–H and O–H groups in total. The van der Waals surface area contributed by atoms with E-state index in [4.69, 9.17) is 5.73 Å². The van der Waals surface area contributed by atoms with E-state index in [-0.39, 0.29) is 17.3 Å². The van der Waals surface area contributed by atoms with E-state index in [0.717, 1.165) is 0 Å². The number of rotatable bonds is 5. The summed E-state index contributed by atoms with van der Waals surface area (Å²) in [4.78, 5) is 40.8. The van der Waals surface area contributed by atoms with E-state index in [1.54, 1.807) is 44.2 Å². The van der Waals surface area contributed by atoms with E-state index in [2.05, 4.69) is 20.4 Å². The minimum absolute atomic E-state index is 0.0789. The quantitative estimate of drug-likeness (QED) is 0.547. The van der Waals surface area contributed by atoms with Gasteiger partial charge in [-0.05, 0) is 12.1 Å². The minimum atomic E-state index is -0.517. The number of imidazole rings is 1. The monoisotopic (exact) mass is 399 g/mol. The number of methoxy groups -OCH3 is 1. The largest absolute Gasteiger partial charge is 0.464 e. The number of nitrogens with two attached hydrogens (primary N) is 1. The first kappa shape index (κ1) is 19.7. The zero-order valence-electron chi connectivity index (χ0n) is 16.4. The molecule has 0 atom stereocenters. The third kappa shape index (κ3) is 3.98. The molecule has 11 nitrogen and oxygen atoms in total. The zero-order chi connectivity index (χ0) is 21.3. The summed E-state index contributed by atoms with van der Waals surface area (Å²) in [5.74, 6) is -1.13. The van der Waals surface area contributed by atoms with E-state index < -0.39 is 17.8 Å². The van der Waals surface area contributed by atoms with Crippen molar-refractivity contribution in [3.63, 3.8) is 0 Å². The molecule has 0 saturated carbocycles. The third-order valence-corrected chi connectivity index (χ3v) is 4.24. The lowest BCUT2D eigenvalue weighted by Crippen LogP contribution is -2.17. The Bertz CT molecular complexity index is 1110. The van der Waals surface area contributed by atoms with Crippen molar-refractivity contribution in [2.75, 3.05) is 23.5 Å². The molecule has 0 unspecified atom stereocenters. The first-order valence-corrected chi connectivity index (χ1v) is 8.52. The van der Waals surface area contributed by atoms with Crippen LogP contribution in [0.1, 0.15) is 31.6 Å². The molecule has 0 aliphatic carbocycles. The lowest BCUT2D eigenvalue weighted by atomic mass is 10.4. The highest BCUT2D eigenvalue weighted by molar-refractivity contribution is 6.05. The zero-order valence-corrected chi connectivity index (χ0v) is 16.4. The van der Waals surface area contributed by atoms with Gasteiger partial charge in [0.25, 0.3) is 11.8 Å². The van der Waals surface area contributed by atoms with Crippen LogP contribution in [0.25, 0.3) is 0 Å². The number of amides is 2. The molecule has 3 rings (SSSR count). The standard InChI is InChI=1S/C18H21N7O4/c1-23-7-10(19)5-12(23)16(26)22-14-9-25(3)15(21-14)17(27)20-11-6-13(18(28)29-4)24(2)8-11/h5-9H,19H2,1-4H3,(H,20,27)(H,22,26). The maximum atomic E-state index is 12.6. The second kappa shape index (κ2) is 7.54. The van der Waals surface area contributed by atoms with Gasteiger partial charge in [-0.25, -0.2) is 9.78 Å². The van der Waals surface area contributed by atoms with Crippen molar-refractivity contribution in [3.05, 3.63) is 47.9 Å². The van der Waals surface area contributed by atoms with Gasteiger partial charge in [0.2, 0.25) is 5.82 Å². The topological polar surface area (TPSA) is 138 Å². The molecule has 0 radical (unpaired) electrons. The summed E-state index contributed by atoms with van der Waals surface area (Å²) >= 11 is 0. The summed E-state index contributed by atoms with van der Waals surface area (Å²) in [5.41, 5.74) is 7.21. The van der Waals surface area contributed by atoms with Crippen molar-refractivity contribution in [1.82, 2.24) is 18.7 Å². The second-order valence-corrected chi connectivity index (χ2v) is 6.45. The van der Waals surface area contributed by atoms with Gasteiger partial charge in [0, 0.05) is 39.7 Å². The number of ether oxygens (including phenoxy) is 1. The fourth-order valence-corrected chi connectivity index (χ4v) is 2.86. The van der Waals surface area contributed by atoms with Gasteiger partial charge in [0.15, 0.2) is 5.82 Å². The molecule has 0 fully saturated rings. The Labute approximate surface area is 166 Å². The lowest BCUT2D eigenvalue weighted by molar-refractivity contribution is 0.0589. The highest BCUT2D eigenvalue weighted by atomic mass is 16.5. The highest BCUT2D eigenvalue weighted by Gasteiger charge is 2.19. The van der Waals surface area contributed by atoms with Crippen LogP contribution >= 0.6 is 0 Å². The van der Waals surface area contributed by atoms with E-state index >= 15 is 0 Å². The Morgan fingerprint density at radius 3 is 2.24 bits per heavy atom. The summed E-state index contributed by atoms with van der Waals surface area (Å²) in [6.45, 7) is 0. The molecule has 0 saturated heterocycles. The molecule has 0 spiro atoms. The molecule has 11 heteroatoms. The number of carbonyl (C=O) groups excluding carboxylic acids is 3. The van der Waals surface area contributed by atoms with E-state index in [1.165, 1.54) is 28.5 Å². The molecule has 0 aromatic carbocycles. The van der Waals surface area contributed by atoms with Crippen LogP contribution in [0.2, 0.25) is 0 Å². The fraction of sp³-hybridized carbons (Fsp3) is 0.222. The van der Waals surface area contributed by atoms with Gasteiger partial charge in [-0.2, -0.15) is 0 Å². The molecule has 152 valence electrons. The number of aromatic nitrogens is 4. The number of nitrogens with zero attached hydrogens (tertiary/aromatic N) is 4. The Kier molecular flexibility index (Phi) is 5.13. The Balaban J connectivity index is 1.74. The molecule has 0 aliphatic heterocycles. The number of esters is 1. The van der Waals surface area contributed by atoms with Crippen LogP contribution in [0.5, 0.6) is 0 Å². The fourth-order valence-electron chi connectivity index (χ4n) is 2.86. The first-order valence-electron chi connectivity index (χ1n) is 8.52. The van der Waals surface area contributed by atoms with Crippen molar-refractivity contribution in [2.45, 2.75) is 0 Å². The van der Waals surface area contributed by atoms with Gasteiger partial charge in [-0.3, -0.25) is 9.59 Å². The molecular formula is C18H21N7O4. The highest BCUT2D eigenvalue weighted by Crippen LogP contribution is 2.16. The lowest BCUT2D eigenvalue weighted by Gasteiger charge is -2.02. The van der Waals surface area contributed by atoms with Crippen LogP contribution < -0.4 is 16.4 Å². The number of carbonyl (C=O) groups is 3. The van der Waals surface area contributed by atoms with Crippen molar-refractivity contribution >= 4 is 35.0 Å². The van der Waals surface area contributed by atoms with Gasteiger partial charge in [0.1, 0.15) is 11.4 Å². The average molecular weight is 399 g/mol. The van der Waals surface area contributed by atoms with E-state index in [1.807, 2.05) is 0 Å². The maximum Gasteiger partial charge on any atom is 0.354 e. The van der Waals surface area contributed by atoms with Crippen molar-refractivity contribution in [3.8, 4) is 0 Å². The number of anilines is 3. The maximum absolute atomic E-state index is 12.6. The van der Waals surface area contributed by atoms with Crippen LogP contribution in [0.4, 0.5) is 17.2 Å². The van der Waals surface area contributed by atoms with Gasteiger partial charge in [-0.15, -0.1) is 0 Å². The molecule has 3 heterocycles. The van der Waals surface area contributed by atoms with Gasteiger partial charge >= 0.3 is 5.97 Å². The van der Waals surface area contributed by atoms with Crippen LogP contribution in [0, 0.1) is 0 Å². The summed E-state index contributed by atoms with van der Waals surface area (Å²) in [7, 11) is 6.27. The first-order chi connectivity index (χ1) is 13.7. The average Bonchev–Trinajstić information content (AvgIpc) is 3.31. The number of hydrogen-bond acceptors (Lipinski definition) is 6. The van der Waals surface area contributed by atoms with Crippen molar-refractivity contribution in [2.24, 2.45) is 21.1 Å². The second-order valence-electron chi connectivity index (χ2n) is 6.45. The molecule has 3 aromatic heterocycles. The minimum Gasteiger partial charge on any atom is -0.464 e. The SMILES string of the molecule is COC(=O)c1cc(NC(=O)c2nc(NC(=O)c3cc(N)cn3C)cn2C)cn1C. The Morgan fingerprint density at radius 1 is 0.931 bits per heavy atom. The van der Waals surface area contributed by atoms with Gasteiger partial charge < -0.3 is 34.8 Å². The van der Waals surface area contributed by atoms with Crippen LogP contribution in [-0.4, -0.2) is 43.6 Å². The van der Waals surface area contributed by atoms with E-state index in [9.17, 15) is 14.4 Å². The number of aryl methyl sites for hydroxylation is 3. The van der Waals surface area contributed by atoms with Gasteiger partial charge in [0.05, 0.1) is 18.5 Å². The Hall–Kier alpha value is -4.02.